The van der Waals surface area contributed by atoms with E-state index >= 15 is 0 Å². The largest absolute Gasteiger partial charge is 0.383 e. The molecule has 0 fully saturated rings. The highest BCUT2D eigenvalue weighted by molar-refractivity contribution is 5.48. The Morgan fingerprint density at radius 3 is 2.75 bits per heavy atom. The molecule has 1 heterocycles. The number of rotatable bonds is 5. The Hall–Kier alpha value is -1.36. The van der Waals surface area contributed by atoms with Gasteiger partial charge in [0.05, 0.1) is 6.61 Å². The van der Waals surface area contributed by atoms with E-state index in [2.05, 4.69) is 28.7 Å². The van der Waals surface area contributed by atoms with E-state index in [-0.39, 0.29) is 0 Å². The molecule has 1 rings (SSSR count). The molecule has 90 valence electrons. The first-order valence-electron chi connectivity index (χ1n) is 5.41. The summed E-state index contributed by atoms with van der Waals surface area (Å²) >= 11 is 0. The predicted molar refractivity (Wildman–Crippen MR) is 65.5 cm³/mol. The van der Waals surface area contributed by atoms with E-state index in [0.29, 0.717) is 18.6 Å². The van der Waals surface area contributed by atoms with E-state index in [4.69, 9.17) is 10.5 Å². The molecule has 0 radical (unpaired) electrons. The SMILES string of the molecule is COCCN(c1nc(N)ncc1C)C(C)C. The molecule has 0 aliphatic heterocycles. The molecule has 0 atom stereocenters. The molecule has 0 unspecified atom stereocenters. The first kappa shape index (κ1) is 12.7. The van der Waals surface area contributed by atoms with Crippen molar-refractivity contribution in [2.45, 2.75) is 26.8 Å². The van der Waals surface area contributed by atoms with Gasteiger partial charge in [-0.05, 0) is 20.8 Å². The van der Waals surface area contributed by atoms with Crippen molar-refractivity contribution >= 4 is 11.8 Å². The molecular weight excluding hydrogens is 204 g/mol. The fraction of sp³-hybridized carbons (Fsp3) is 0.636. The van der Waals surface area contributed by atoms with E-state index in [1.807, 2.05) is 6.92 Å². The van der Waals surface area contributed by atoms with Gasteiger partial charge in [-0.1, -0.05) is 0 Å². The zero-order chi connectivity index (χ0) is 12.1. The number of hydrogen-bond acceptors (Lipinski definition) is 5. The van der Waals surface area contributed by atoms with Crippen molar-refractivity contribution in [3.8, 4) is 0 Å². The first-order chi connectivity index (χ1) is 7.56. The third kappa shape index (κ3) is 3.06. The average molecular weight is 224 g/mol. The number of methoxy groups -OCH3 is 1. The van der Waals surface area contributed by atoms with E-state index in [1.54, 1.807) is 13.3 Å². The smallest absolute Gasteiger partial charge is 0.221 e. The van der Waals surface area contributed by atoms with Gasteiger partial charge in [0, 0.05) is 31.5 Å². The summed E-state index contributed by atoms with van der Waals surface area (Å²) in [4.78, 5) is 10.4. The van der Waals surface area contributed by atoms with Crippen LogP contribution in [0.5, 0.6) is 0 Å². The highest BCUT2D eigenvalue weighted by Gasteiger charge is 2.14. The van der Waals surface area contributed by atoms with Gasteiger partial charge in [-0.25, -0.2) is 4.98 Å². The molecule has 2 N–H and O–H groups in total. The van der Waals surface area contributed by atoms with Crippen molar-refractivity contribution in [1.29, 1.82) is 0 Å². The summed E-state index contributed by atoms with van der Waals surface area (Å²) in [5, 5.41) is 0. The maximum absolute atomic E-state index is 5.61. The van der Waals surface area contributed by atoms with Crippen LogP contribution in [0.4, 0.5) is 11.8 Å². The summed E-state index contributed by atoms with van der Waals surface area (Å²) in [6.07, 6.45) is 1.75. The van der Waals surface area contributed by atoms with Crippen molar-refractivity contribution in [2.24, 2.45) is 0 Å². The Morgan fingerprint density at radius 2 is 2.19 bits per heavy atom. The lowest BCUT2D eigenvalue weighted by Crippen LogP contribution is -2.35. The fourth-order valence-corrected chi connectivity index (χ4v) is 1.54. The molecule has 0 saturated carbocycles. The first-order valence-corrected chi connectivity index (χ1v) is 5.41. The molecule has 0 aromatic carbocycles. The van der Waals surface area contributed by atoms with Crippen molar-refractivity contribution in [3.05, 3.63) is 11.8 Å². The van der Waals surface area contributed by atoms with Gasteiger partial charge >= 0.3 is 0 Å². The van der Waals surface area contributed by atoms with Crippen molar-refractivity contribution < 1.29 is 4.74 Å². The van der Waals surface area contributed by atoms with Crippen LogP contribution in [0.25, 0.3) is 0 Å². The minimum absolute atomic E-state index is 0.309. The topological polar surface area (TPSA) is 64.3 Å². The monoisotopic (exact) mass is 224 g/mol. The number of ether oxygens (including phenoxy) is 1. The van der Waals surface area contributed by atoms with Crippen LogP contribution in [0.15, 0.2) is 6.20 Å². The molecule has 1 aromatic heterocycles. The average Bonchev–Trinajstić information content (AvgIpc) is 2.23. The molecule has 1 aromatic rings. The number of hydrogen-bond donors (Lipinski definition) is 1. The van der Waals surface area contributed by atoms with Crippen LogP contribution in [-0.2, 0) is 4.74 Å². The van der Waals surface area contributed by atoms with E-state index in [9.17, 15) is 0 Å². The lowest BCUT2D eigenvalue weighted by atomic mass is 10.2. The van der Waals surface area contributed by atoms with E-state index in [1.165, 1.54) is 0 Å². The second kappa shape index (κ2) is 5.65. The van der Waals surface area contributed by atoms with Gasteiger partial charge in [0.1, 0.15) is 5.82 Å². The molecule has 0 amide bonds. The van der Waals surface area contributed by atoms with Gasteiger partial charge in [0.15, 0.2) is 0 Å². The van der Waals surface area contributed by atoms with Gasteiger partial charge < -0.3 is 15.4 Å². The molecule has 0 aliphatic carbocycles. The quantitative estimate of drug-likeness (QED) is 0.815. The van der Waals surface area contributed by atoms with Gasteiger partial charge in [-0.2, -0.15) is 4.98 Å². The molecule has 0 bridgehead atoms. The third-order valence-electron chi connectivity index (χ3n) is 2.40. The van der Waals surface area contributed by atoms with Crippen LogP contribution < -0.4 is 10.6 Å². The Morgan fingerprint density at radius 1 is 1.50 bits per heavy atom. The fourth-order valence-electron chi connectivity index (χ4n) is 1.54. The molecule has 5 nitrogen and oxygen atoms in total. The molecule has 5 heteroatoms. The van der Waals surface area contributed by atoms with Crippen molar-refractivity contribution in [3.63, 3.8) is 0 Å². The zero-order valence-corrected chi connectivity index (χ0v) is 10.4. The van der Waals surface area contributed by atoms with Crippen molar-refractivity contribution in [2.75, 3.05) is 30.9 Å². The number of nitrogen functional groups attached to an aromatic ring is 1. The summed E-state index contributed by atoms with van der Waals surface area (Å²) in [5.74, 6) is 1.20. The number of nitrogens with two attached hydrogens (primary N) is 1. The van der Waals surface area contributed by atoms with Crippen LogP contribution in [0, 0.1) is 6.92 Å². The number of anilines is 2. The Balaban J connectivity index is 2.95. The molecule has 0 spiro atoms. The summed E-state index contributed by atoms with van der Waals surface area (Å²) in [6.45, 7) is 7.69. The number of aromatic nitrogens is 2. The second-order valence-corrected chi connectivity index (χ2v) is 4.01. The lowest BCUT2D eigenvalue weighted by molar-refractivity contribution is 0.203. The van der Waals surface area contributed by atoms with Crippen LogP contribution in [0.1, 0.15) is 19.4 Å². The molecule has 16 heavy (non-hydrogen) atoms. The standard InChI is InChI=1S/C11H20N4O/c1-8(2)15(5-6-16-4)10-9(3)7-13-11(12)14-10/h7-8H,5-6H2,1-4H3,(H2,12,13,14). The summed E-state index contributed by atoms with van der Waals surface area (Å²) < 4.78 is 5.10. The maximum Gasteiger partial charge on any atom is 0.221 e. The summed E-state index contributed by atoms with van der Waals surface area (Å²) in [5.41, 5.74) is 6.64. The van der Waals surface area contributed by atoms with Crippen molar-refractivity contribution in [1.82, 2.24) is 9.97 Å². The summed E-state index contributed by atoms with van der Waals surface area (Å²) in [6, 6.07) is 0.350. The lowest BCUT2D eigenvalue weighted by Gasteiger charge is -2.28. The maximum atomic E-state index is 5.61. The van der Waals surface area contributed by atoms with Gasteiger partial charge in [0.25, 0.3) is 0 Å². The summed E-state index contributed by atoms with van der Waals surface area (Å²) in [7, 11) is 1.69. The predicted octanol–water partition coefficient (Wildman–Crippen LogP) is 1.23. The third-order valence-corrected chi connectivity index (χ3v) is 2.40. The van der Waals surface area contributed by atoms with Crippen LogP contribution >= 0.6 is 0 Å². The second-order valence-electron chi connectivity index (χ2n) is 4.01. The zero-order valence-electron chi connectivity index (χ0n) is 10.4. The molecule has 0 aliphatic rings. The number of nitrogens with zero attached hydrogens (tertiary/aromatic N) is 3. The normalized spacial score (nSPS) is 10.8. The van der Waals surface area contributed by atoms with Gasteiger partial charge in [-0.15, -0.1) is 0 Å². The van der Waals surface area contributed by atoms with Crippen LogP contribution in [0.2, 0.25) is 0 Å². The Labute approximate surface area is 96.6 Å². The Bertz CT molecular complexity index is 341. The highest BCUT2D eigenvalue weighted by Crippen LogP contribution is 2.19. The van der Waals surface area contributed by atoms with Crippen LogP contribution in [-0.4, -0.2) is 36.3 Å². The molecular formula is C11H20N4O. The van der Waals surface area contributed by atoms with Gasteiger partial charge in [-0.3, -0.25) is 0 Å². The van der Waals surface area contributed by atoms with E-state index < -0.39 is 0 Å². The minimum Gasteiger partial charge on any atom is -0.383 e. The Kier molecular flexibility index (Phi) is 4.49. The van der Waals surface area contributed by atoms with Gasteiger partial charge in [0.2, 0.25) is 5.95 Å². The molecule has 0 saturated heterocycles. The van der Waals surface area contributed by atoms with E-state index in [0.717, 1.165) is 17.9 Å². The minimum atomic E-state index is 0.309. The van der Waals surface area contributed by atoms with Crippen LogP contribution in [0.3, 0.4) is 0 Å². The highest BCUT2D eigenvalue weighted by atomic mass is 16.5. The number of aryl methyl sites for hydroxylation is 1.